The Labute approximate surface area is 103 Å². The molecule has 2 rings (SSSR count). The van der Waals surface area contributed by atoms with E-state index in [1.807, 2.05) is 12.3 Å². The number of nitrogens with zero attached hydrogens (tertiary/aromatic N) is 4. The molecule has 0 atom stereocenters. The van der Waals surface area contributed by atoms with E-state index in [0.29, 0.717) is 11.8 Å². The molecule has 2 aromatic rings. The zero-order valence-corrected chi connectivity index (χ0v) is 10.6. The number of nitrogens with one attached hydrogen (secondary N) is 1. The highest BCUT2D eigenvalue weighted by Gasteiger charge is 2.02. The molecule has 0 bridgehead atoms. The van der Waals surface area contributed by atoms with E-state index in [-0.39, 0.29) is 5.95 Å². The van der Waals surface area contributed by atoms with Crippen molar-refractivity contribution in [3.63, 3.8) is 0 Å². The minimum Gasteiger partial charge on any atom is -0.368 e. The zero-order chi connectivity index (χ0) is 12.3. The average Bonchev–Trinajstić information content (AvgIpc) is 2.63. The molecule has 0 aliphatic rings. The fraction of sp³-hybridized carbons (Fsp3) is 0.400. The second-order valence-corrected chi connectivity index (χ2v) is 4.57. The van der Waals surface area contributed by atoms with Gasteiger partial charge in [-0.25, -0.2) is 4.98 Å². The monoisotopic (exact) mass is 250 g/mol. The Morgan fingerprint density at radius 3 is 2.71 bits per heavy atom. The second-order valence-electron chi connectivity index (χ2n) is 3.62. The van der Waals surface area contributed by atoms with Crippen molar-refractivity contribution < 1.29 is 0 Å². The van der Waals surface area contributed by atoms with Gasteiger partial charge in [-0.05, 0) is 13.8 Å². The predicted octanol–water partition coefficient (Wildman–Crippen LogP) is 1.18. The number of thiazole rings is 1. The van der Waals surface area contributed by atoms with Crippen LogP contribution in [0.3, 0.4) is 0 Å². The topological polar surface area (TPSA) is 89.6 Å². The highest BCUT2D eigenvalue weighted by atomic mass is 32.1. The minimum absolute atomic E-state index is 0.241. The summed E-state index contributed by atoms with van der Waals surface area (Å²) in [6.45, 7) is 4.51. The number of anilines is 2. The maximum Gasteiger partial charge on any atom is 0.227 e. The molecule has 0 aromatic carbocycles. The van der Waals surface area contributed by atoms with Gasteiger partial charge in [-0.1, -0.05) is 0 Å². The summed E-state index contributed by atoms with van der Waals surface area (Å²) in [4.78, 5) is 16.4. The summed E-state index contributed by atoms with van der Waals surface area (Å²) in [7, 11) is 0. The van der Waals surface area contributed by atoms with Gasteiger partial charge in [0.15, 0.2) is 0 Å². The summed E-state index contributed by atoms with van der Waals surface area (Å²) >= 11 is 1.66. The van der Waals surface area contributed by atoms with Gasteiger partial charge < -0.3 is 11.1 Å². The van der Waals surface area contributed by atoms with Gasteiger partial charge in [-0.2, -0.15) is 15.0 Å². The Morgan fingerprint density at radius 1 is 1.24 bits per heavy atom. The largest absolute Gasteiger partial charge is 0.368 e. The average molecular weight is 250 g/mol. The summed E-state index contributed by atoms with van der Waals surface area (Å²) in [6, 6.07) is 0. The van der Waals surface area contributed by atoms with E-state index in [2.05, 4.69) is 25.3 Å². The number of aryl methyl sites for hydroxylation is 2. The Kier molecular flexibility index (Phi) is 3.48. The molecular weight excluding hydrogens is 236 g/mol. The van der Waals surface area contributed by atoms with E-state index in [1.165, 1.54) is 0 Å². The summed E-state index contributed by atoms with van der Waals surface area (Å²) < 4.78 is 0. The third kappa shape index (κ3) is 3.35. The van der Waals surface area contributed by atoms with Gasteiger partial charge in [0.1, 0.15) is 5.82 Å². The molecule has 7 heteroatoms. The van der Waals surface area contributed by atoms with Crippen LogP contribution in [0, 0.1) is 13.8 Å². The predicted molar refractivity (Wildman–Crippen MR) is 68.0 cm³/mol. The third-order valence-corrected chi connectivity index (χ3v) is 3.08. The van der Waals surface area contributed by atoms with Gasteiger partial charge in [0.2, 0.25) is 11.9 Å². The van der Waals surface area contributed by atoms with Gasteiger partial charge in [0.05, 0.1) is 5.01 Å². The molecule has 2 aromatic heterocycles. The van der Waals surface area contributed by atoms with Crippen molar-refractivity contribution >= 4 is 23.2 Å². The van der Waals surface area contributed by atoms with E-state index < -0.39 is 0 Å². The number of nitrogens with two attached hydrogens (primary N) is 1. The Hall–Kier alpha value is -1.76. The van der Waals surface area contributed by atoms with Crippen LogP contribution >= 0.6 is 11.3 Å². The van der Waals surface area contributed by atoms with Crippen molar-refractivity contribution in [2.75, 3.05) is 17.6 Å². The van der Waals surface area contributed by atoms with Crippen LogP contribution in [0.15, 0.2) is 5.38 Å². The fourth-order valence-electron chi connectivity index (χ4n) is 1.38. The lowest BCUT2D eigenvalue weighted by molar-refractivity contribution is 0.931. The number of hydrogen-bond acceptors (Lipinski definition) is 7. The lowest BCUT2D eigenvalue weighted by atomic mass is 10.4. The molecule has 17 heavy (non-hydrogen) atoms. The minimum atomic E-state index is 0.241. The van der Waals surface area contributed by atoms with Crippen molar-refractivity contribution in [1.82, 2.24) is 19.9 Å². The highest BCUT2D eigenvalue weighted by molar-refractivity contribution is 7.09. The quantitative estimate of drug-likeness (QED) is 0.847. The van der Waals surface area contributed by atoms with Crippen LogP contribution in [0.25, 0.3) is 0 Å². The van der Waals surface area contributed by atoms with Crippen LogP contribution in [-0.4, -0.2) is 26.5 Å². The SMILES string of the molecule is Cc1csc(CCNc2nc(C)nc(N)n2)n1. The zero-order valence-electron chi connectivity index (χ0n) is 9.77. The summed E-state index contributed by atoms with van der Waals surface area (Å²) in [5.41, 5.74) is 6.59. The Morgan fingerprint density at radius 2 is 2.06 bits per heavy atom. The summed E-state index contributed by atoms with van der Waals surface area (Å²) in [5, 5.41) is 6.26. The Balaban J connectivity index is 1.89. The number of rotatable bonds is 4. The van der Waals surface area contributed by atoms with Gasteiger partial charge in [-0.15, -0.1) is 11.3 Å². The van der Waals surface area contributed by atoms with Crippen molar-refractivity contribution in [2.45, 2.75) is 20.3 Å². The maximum absolute atomic E-state index is 5.53. The second kappa shape index (κ2) is 5.05. The molecule has 6 nitrogen and oxygen atoms in total. The van der Waals surface area contributed by atoms with Crippen molar-refractivity contribution in [3.05, 3.63) is 21.9 Å². The van der Waals surface area contributed by atoms with E-state index in [1.54, 1.807) is 18.3 Å². The molecule has 3 N–H and O–H groups in total. The number of aromatic nitrogens is 4. The summed E-state index contributed by atoms with van der Waals surface area (Å²) in [6.07, 6.45) is 0.850. The van der Waals surface area contributed by atoms with Crippen LogP contribution in [0.2, 0.25) is 0 Å². The van der Waals surface area contributed by atoms with Crippen LogP contribution in [0.5, 0.6) is 0 Å². The van der Waals surface area contributed by atoms with Crippen LogP contribution < -0.4 is 11.1 Å². The normalized spacial score (nSPS) is 10.5. The van der Waals surface area contributed by atoms with Crippen molar-refractivity contribution in [3.8, 4) is 0 Å². The molecule has 0 aliphatic carbocycles. The van der Waals surface area contributed by atoms with Gasteiger partial charge in [0, 0.05) is 24.0 Å². The van der Waals surface area contributed by atoms with Gasteiger partial charge in [-0.3, -0.25) is 0 Å². The first-order valence-electron chi connectivity index (χ1n) is 5.26. The number of nitrogen functional groups attached to an aromatic ring is 1. The molecule has 0 amide bonds. The molecule has 0 saturated carbocycles. The van der Waals surface area contributed by atoms with Crippen molar-refractivity contribution in [2.24, 2.45) is 0 Å². The van der Waals surface area contributed by atoms with E-state index in [9.17, 15) is 0 Å². The van der Waals surface area contributed by atoms with Gasteiger partial charge in [0.25, 0.3) is 0 Å². The first-order valence-corrected chi connectivity index (χ1v) is 6.14. The molecule has 0 fully saturated rings. The smallest absolute Gasteiger partial charge is 0.227 e. The molecule has 0 spiro atoms. The van der Waals surface area contributed by atoms with Crippen LogP contribution in [-0.2, 0) is 6.42 Å². The number of hydrogen-bond donors (Lipinski definition) is 2. The first-order chi connectivity index (χ1) is 8.13. The third-order valence-electron chi connectivity index (χ3n) is 2.05. The van der Waals surface area contributed by atoms with E-state index in [0.717, 1.165) is 23.7 Å². The summed E-state index contributed by atoms with van der Waals surface area (Å²) in [5.74, 6) is 1.37. The molecule has 0 radical (unpaired) electrons. The standard InChI is InChI=1S/C10H14N6S/c1-6-5-17-8(13-6)3-4-12-10-15-7(2)14-9(11)16-10/h5H,3-4H2,1-2H3,(H3,11,12,14,15,16). The lowest BCUT2D eigenvalue weighted by Gasteiger charge is -2.04. The Bertz CT molecular complexity index is 489. The highest BCUT2D eigenvalue weighted by Crippen LogP contribution is 2.09. The van der Waals surface area contributed by atoms with Crippen LogP contribution in [0.1, 0.15) is 16.5 Å². The molecule has 0 saturated heterocycles. The molecule has 0 aliphatic heterocycles. The molecule has 0 unspecified atom stereocenters. The molecular formula is C10H14N6S. The lowest BCUT2D eigenvalue weighted by Crippen LogP contribution is -2.10. The van der Waals surface area contributed by atoms with Crippen molar-refractivity contribution in [1.29, 1.82) is 0 Å². The fourth-order valence-corrected chi connectivity index (χ4v) is 2.16. The first kappa shape index (κ1) is 11.7. The van der Waals surface area contributed by atoms with E-state index in [4.69, 9.17) is 5.73 Å². The maximum atomic E-state index is 5.53. The molecule has 90 valence electrons. The van der Waals surface area contributed by atoms with Gasteiger partial charge >= 0.3 is 0 Å². The molecule has 2 heterocycles. The van der Waals surface area contributed by atoms with Crippen LogP contribution in [0.4, 0.5) is 11.9 Å². The van der Waals surface area contributed by atoms with E-state index >= 15 is 0 Å².